The summed E-state index contributed by atoms with van der Waals surface area (Å²) >= 11 is 0. The van der Waals surface area contributed by atoms with Crippen molar-refractivity contribution in [3.8, 4) is 0 Å². The molecule has 0 spiro atoms. The van der Waals surface area contributed by atoms with Crippen LogP contribution in [-0.2, 0) is 14.3 Å². The van der Waals surface area contributed by atoms with Gasteiger partial charge >= 0.3 is 5.97 Å². The minimum absolute atomic E-state index is 0.112. The second-order valence-corrected chi connectivity index (χ2v) is 6.83. The van der Waals surface area contributed by atoms with Crippen LogP contribution in [0.3, 0.4) is 0 Å². The summed E-state index contributed by atoms with van der Waals surface area (Å²) < 4.78 is 11.4. The normalized spacial score (nSPS) is 14.6. The fraction of sp³-hybridized carbons (Fsp3) is 0.435. The lowest BCUT2D eigenvalue weighted by atomic mass is 9.95. The summed E-state index contributed by atoms with van der Waals surface area (Å²) in [7, 11) is 1.55. The van der Waals surface area contributed by atoms with Gasteiger partial charge in [-0.1, -0.05) is 62.7 Å². The molecule has 0 aliphatic heterocycles. The van der Waals surface area contributed by atoms with Gasteiger partial charge in [-0.05, 0) is 47.6 Å². The fourth-order valence-electron chi connectivity index (χ4n) is 3.33. The zero-order valence-electron chi connectivity index (χ0n) is 16.1. The predicted molar refractivity (Wildman–Crippen MR) is 107 cm³/mol. The molecule has 3 atom stereocenters. The van der Waals surface area contributed by atoms with Gasteiger partial charge in [0.2, 0.25) is 0 Å². The Balaban J connectivity index is 2.17. The number of methoxy groups -OCH3 is 1. The molecule has 26 heavy (non-hydrogen) atoms. The Morgan fingerprint density at radius 1 is 1.15 bits per heavy atom. The van der Waals surface area contributed by atoms with Gasteiger partial charge in [-0.3, -0.25) is 0 Å². The first-order valence-corrected chi connectivity index (χ1v) is 9.43. The highest BCUT2D eigenvalue weighted by atomic mass is 16.6. The monoisotopic (exact) mass is 354 g/mol. The third kappa shape index (κ3) is 5.18. The molecule has 140 valence electrons. The smallest absolute Gasteiger partial charge is 0.340 e. The van der Waals surface area contributed by atoms with Crippen LogP contribution in [-0.4, -0.2) is 19.2 Å². The Morgan fingerprint density at radius 3 is 2.54 bits per heavy atom. The first-order valence-electron chi connectivity index (χ1n) is 9.43. The number of hydrogen-bond donors (Lipinski definition) is 0. The minimum atomic E-state index is -0.709. The lowest BCUT2D eigenvalue weighted by molar-refractivity contribution is -0.164. The number of rotatable bonds is 10. The maximum atomic E-state index is 12.8. The van der Waals surface area contributed by atoms with Crippen molar-refractivity contribution in [3.63, 3.8) is 0 Å². The molecule has 0 aromatic heterocycles. The van der Waals surface area contributed by atoms with E-state index >= 15 is 0 Å². The van der Waals surface area contributed by atoms with Crippen molar-refractivity contribution in [2.45, 2.75) is 51.7 Å². The molecule has 2 aromatic carbocycles. The molecule has 0 radical (unpaired) electrons. The highest BCUT2D eigenvalue weighted by Gasteiger charge is 2.27. The molecule has 0 N–H and O–H groups in total. The summed E-state index contributed by atoms with van der Waals surface area (Å²) in [6.45, 7) is 8.07. The second kappa shape index (κ2) is 10.1. The van der Waals surface area contributed by atoms with Crippen LogP contribution in [0.1, 0.15) is 51.2 Å². The fourth-order valence-corrected chi connectivity index (χ4v) is 3.33. The van der Waals surface area contributed by atoms with Crippen LogP contribution in [0.15, 0.2) is 55.1 Å². The second-order valence-electron chi connectivity index (χ2n) is 6.83. The van der Waals surface area contributed by atoms with Crippen LogP contribution in [0, 0.1) is 5.92 Å². The molecule has 0 amide bonds. The van der Waals surface area contributed by atoms with Crippen molar-refractivity contribution in [3.05, 3.63) is 60.7 Å². The molecule has 0 heterocycles. The summed E-state index contributed by atoms with van der Waals surface area (Å²) in [5, 5.41) is 2.22. The number of allylic oxidation sites excluding steroid dienone is 1. The lowest BCUT2D eigenvalue weighted by Crippen LogP contribution is -2.29. The van der Waals surface area contributed by atoms with E-state index in [4.69, 9.17) is 9.47 Å². The number of fused-ring (bicyclic) bond motifs is 1. The van der Waals surface area contributed by atoms with Crippen LogP contribution < -0.4 is 0 Å². The van der Waals surface area contributed by atoms with Gasteiger partial charge in [0.25, 0.3) is 0 Å². The number of esters is 1. The molecule has 2 rings (SSSR count). The van der Waals surface area contributed by atoms with E-state index in [1.807, 2.05) is 42.5 Å². The van der Waals surface area contributed by atoms with Crippen LogP contribution in [0.2, 0.25) is 0 Å². The third-order valence-corrected chi connectivity index (χ3v) is 4.83. The van der Waals surface area contributed by atoms with E-state index in [1.54, 1.807) is 7.11 Å². The van der Waals surface area contributed by atoms with Crippen molar-refractivity contribution in [2.75, 3.05) is 7.11 Å². The Morgan fingerprint density at radius 2 is 1.88 bits per heavy atom. The van der Waals surface area contributed by atoms with Crippen molar-refractivity contribution < 1.29 is 14.3 Å². The van der Waals surface area contributed by atoms with Gasteiger partial charge in [0.15, 0.2) is 6.10 Å². The Bertz CT molecular complexity index is 722. The molecular formula is C23H30O3. The SMILES string of the molecule is C=CCC[C@H](OC(=O)C(OC)c1ccc2ccccc2c1)[C@@H](C)CCC. The summed E-state index contributed by atoms with van der Waals surface area (Å²) in [4.78, 5) is 12.8. The van der Waals surface area contributed by atoms with E-state index in [0.717, 1.165) is 42.0 Å². The average molecular weight is 354 g/mol. The van der Waals surface area contributed by atoms with Crippen LogP contribution >= 0.6 is 0 Å². The molecule has 1 unspecified atom stereocenters. The van der Waals surface area contributed by atoms with E-state index in [9.17, 15) is 4.79 Å². The van der Waals surface area contributed by atoms with Gasteiger partial charge in [0, 0.05) is 7.11 Å². The molecule has 0 saturated heterocycles. The number of benzene rings is 2. The summed E-state index contributed by atoms with van der Waals surface area (Å²) in [6, 6.07) is 14.0. The Kier molecular flexibility index (Phi) is 7.86. The zero-order valence-corrected chi connectivity index (χ0v) is 16.1. The molecule has 0 aliphatic rings. The predicted octanol–water partition coefficient (Wildman–Crippen LogP) is 5.84. The molecule has 0 saturated carbocycles. The van der Waals surface area contributed by atoms with E-state index in [2.05, 4.69) is 26.5 Å². The number of ether oxygens (including phenoxy) is 2. The topological polar surface area (TPSA) is 35.5 Å². The average Bonchev–Trinajstić information content (AvgIpc) is 2.65. The van der Waals surface area contributed by atoms with Crippen molar-refractivity contribution >= 4 is 16.7 Å². The standard InChI is InChI=1S/C23H30O3/c1-5-7-13-21(17(3)10-6-2)26-23(24)22(25-4)20-15-14-18-11-8-9-12-19(18)16-20/h5,8-9,11-12,14-17,21-22H,1,6-7,10,13H2,2-4H3/t17-,21-,22?/m0/s1. The van der Waals surface area contributed by atoms with Crippen LogP contribution in [0.5, 0.6) is 0 Å². The Hall–Kier alpha value is -2.13. The molecular weight excluding hydrogens is 324 g/mol. The van der Waals surface area contributed by atoms with Gasteiger partial charge in [-0.25, -0.2) is 4.79 Å². The summed E-state index contributed by atoms with van der Waals surface area (Å²) in [6.07, 6.45) is 4.78. The minimum Gasteiger partial charge on any atom is -0.460 e. The van der Waals surface area contributed by atoms with E-state index in [-0.39, 0.29) is 12.1 Å². The van der Waals surface area contributed by atoms with Crippen LogP contribution in [0.4, 0.5) is 0 Å². The van der Waals surface area contributed by atoms with Crippen molar-refractivity contribution in [1.82, 2.24) is 0 Å². The molecule has 0 fully saturated rings. The third-order valence-electron chi connectivity index (χ3n) is 4.83. The summed E-state index contributed by atoms with van der Waals surface area (Å²) in [5.74, 6) is -0.00203. The van der Waals surface area contributed by atoms with Gasteiger partial charge in [-0.15, -0.1) is 6.58 Å². The van der Waals surface area contributed by atoms with Crippen molar-refractivity contribution in [2.24, 2.45) is 5.92 Å². The van der Waals surface area contributed by atoms with E-state index < -0.39 is 6.10 Å². The highest BCUT2D eigenvalue weighted by molar-refractivity contribution is 5.85. The zero-order chi connectivity index (χ0) is 18.9. The Labute approximate surface area is 157 Å². The molecule has 0 aliphatic carbocycles. The van der Waals surface area contributed by atoms with Gasteiger partial charge < -0.3 is 9.47 Å². The number of carbonyl (C=O) groups excluding carboxylic acids is 1. The highest BCUT2D eigenvalue weighted by Crippen LogP contribution is 2.26. The van der Waals surface area contributed by atoms with Gasteiger partial charge in [0.1, 0.15) is 6.10 Å². The maximum absolute atomic E-state index is 12.8. The largest absolute Gasteiger partial charge is 0.460 e. The maximum Gasteiger partial charge on any atom is 0.340 e. The molecule has 3 nitrogen and oxygen atoms in total. The number of carbonyl (C=O) groups is 1. The van der Waals surface area contributed by atoms with E-state index in [0.29, 0.717) is 5.92 Å². The molecule has 0 bridgehead atoms. The first kappa shape index (κ1) is 20.2. The molecule has 2 aromatic rings. The first-order chi connectivity index (χ1) is 12.6. The quantitative estimate of drug-likeness (QED) is 0.397. The summed E-state index contributed by atoms with van der Waals surface area (Å²) in [5.41, 5.74) is 0.821. The van der Waals surface area contributed by atoms with Gasteiger partial charge in [0.05, 0.1) is 0 Å². The molecule has 3 heteroatoms. The van der Waals surface area contributed by atoms with Crippen molar-refractivity contribution in [1.29, 1.82) is 0 Å². The van der Waals surface area contributed by atoms with Crippen LogP contribution in [0.25, 0.3) is 10.8 Å². The van der Waals surface area contributed by atoms with E-state index in [1.165, 1.54) is 0 Å². The lowest BCUT2D eigenvalue weighted by Gasteiger charge is -2.26. The number of hydrogen-bond acceptors (Lipinski definition) is 3. The van der Waals surface area contributed by atoms with Gasteiger partial charge in [-0.2, -0.15) is 0 Å².